The molecule has 1 atom stereocenters. The number of fused-ring (bicyclic) bond motifs is 2. The van der Waals surface area contributed by atoms with E-state index >= 15 is 0 Å². The Hall–Kier alpha value is -3.86. The van der Waals surface area contributed by atoms with Crippen LogP contribution in [0, 0.1) is 18.3 Å². The average molecular weight is 500 g/mol. The Morgan fingerprint density at radius 1 is 1.08 bits per heavy atom. The van der Waals surface area contributed by atoms with Crippen LogP contribution >= 0.6 is 0 Å². The number of aromatic nitrogens is 2. The molecule has 1 aliphatic heterocycles. The SMILES string of the molecule is Cc1nc2c3cc(C4(C#N)CC4)cc(c3n1)OCC(=O)NCCCCCCOc1cccc(c1)[C@@H](C)N2. The zero-order valence-corrected chi connectivity index (χ0v) is 21.5. The molecule has 0 spiro atoms. The molecule has 37 heavy (non-hydrogen) atoms. The maximum atomic E-state index is 12.5. The largest absolute Gasteiger partial charge is 0.494 e. The van der Waals surface area contributed by atoms with Crippen molar-refractivity contribution in [3.63, 3.8) is 0 Å². The standard InChI is InChI=1S/C29H33N5O3/c1-19-21-8-7-9-23(14-21)36-13-6-4-3-5-12-31-26(35)17-37-25-16-22(29(18-30)10-11-29)15-24-27(25)33-20(2)34-28(24)32-19/h7-9,14-16,19H,3-6,10-13,17H2,1-2H3,(H,31,35)(H,32,33,34)/t19-/m1/s1. The molecule has 2 N–H and O–H groups in total. The predicted molar refractivity (Wildman–Crippen MR) is 142 cm³/mol. The van der Waals surface area contributed by atoms with Gasteiger partial charge in [-0.2, -0.15) is 5.26 Å². The summed E-state index contributed by atoms with van der Waals surface area (Å²) < 4.78 is 12.0. The van der Waals surface area contributed by atoms with Gasteiger partial charge in [0.2, 0.25) is 0 Å². The van der Waals surface area contributed by atoms with Crippen LogP contribution in [0.4, 0.5) is 5.82 Å². The molecular weight excluding hydrogens is 466 g/mol. The summed E-state index contributed by atoms with van der Waals surface area (Å²) in [6.45, 7) is 5.08. The Bertz CT molecular complexity index is 1350. The van der Waals surface area contributed by atoms with E-state index in [-0.39, 0.29) is 18.6 Å². The zero-order valence-electron chi connectivity index (χ0n) is 21.5. The number of nitriles is 1. The van der Waals surface area contributed by atoms with Gasteiger partial charge in [0.1, 0.15) is 28.7 Å². The molecule has 0 radical (unpaired) electrons. The van der Waals surface area contributed by atoms with Gasteiger partial charge in [-0.05, 0) is 74.9 Å². The Balaban J connectivity index is 1.56. The number of nitrogens with zero attached hydrogens (tertiary/aromatic N) is 3. The van der Waals surface area contributed by atoms with Crippen LogP contribution in [0.15, 0.2) is 36.4 Å². The molecule has 1 aliphatic carbocycles. The molecule has 2 aliphatic rings. The number of hydrogen-bond acceptors (Lipinski definition) is 7. The number of hydrogen-bond donors (Lipinski definition) is 2. The second-order valence-electron chi connectivity index (χ2n) is 10.0. The minimum Gasteiger partial charge on any atom is -0.494 e. The third-order valence-corrected chi connectivity index (χ3v) is 7.13. The molecule has 6 bridgehead atoms. The molecule has 5 rings (SSSR count). The van der Waals surface area contributed by atoms with Gasteiger partial charge >= 0.3 is 0 Å². The van der Waals surface area contributed by atoms with Crippen LogP contribution in [-0.2, 0) is 10.2 Å². The summed E-state index contributed by atoms with van der Waals surface area (Å²) in [5, 5.41) is 17.1. The molecular formula is C29H33N5O3. The Morgan fingerprint density at radius 3 is 2.73 bits per heavy atom. The first-order valence-electron chi connectivity index (χ1n) is 13.1. The molecule has 8 heteroatoms. The van der Waals surface area contributed by atoms with Gasteiger partial charge in [-0.15, -0.1) is 0 Å². The van der Waals surface area contributed by atoms with Crippen molar-refractivity contribution in [3.05, 3.63) is 53.3 Å². The summed E-state index contributed by atoms with van der Waals surface area (Å²) in [5.74, 6) is 2.42. The molecule has 1 aromatic heterocycles. The van der Waals surface area contributed by atoms with E-state index in [1.807, 2.05) is 31.2 Å². The number of anilines is 1. The second-order valence-corrected chi connectivity index (χ2v) is 10.0. The molecule has 2 heterocycles. The van der Waals surface area contributed by atoms with E-state index in [0.29, 0.717) is 36.1 Å². The lowest BCUT2D eigenvalue weighted by Gasteiger charge is -2.20. The molecule has 8 nitrogen and oxygen atoms in total. The van der Waals surface area contributed by atoms with Crippen molar-refractivity contribution in [3.8, 4) is 17.6 Å². The maximum Gasteiger partial charge on any atom is 0.257 e. The third-order valence-electron chi connectivity index (χ3n) is 7.13. The number of carbonyl (C=O) groups is 1. The molecule has 1 saturated carbocycles. The lowest BCUT2D eigenvalue weighted by Crippen LogP contribution is -2.29. The highest BCUT2D eigenvalue weighted by atomic mass is 16.5. The average Bonchev–Trinajstić information content (AvgIpc) is 3.70. The normalized spacial score (nSPS) is 20.0. The number of benzene rings is 2. The second kappa shape index (κ2) is 10.6. The van der Waals surface area contributed by atoms with Gasteiger partial charge < -0.3 is 20.1 Å². The van der Waals surface area contributed by atoms with Gasteiger partial charge in [0.05, 0.1) is 24.1 Å². The van der Waals surface area contributed by atoms with Crippen molar-refractivity contribution >= 4 is 22.6 Å². The summed E-state index contributed by atoms with van der Waals surface area (Å²) in [5.41, 5.74) is 2.05. The lowest BCUT2D eigenvalue weighted by atomic mass is 9.95. The van der Waals surface area contributed by atoms with Crippen LogP contribution in [0.5, 0.6) is 11.5 Å². The summed E-state index contributed by atoms with van der Waals surface area (Å²) in [6.07, 6.45) is 5.53. The van der Waals surface area contributed by atoms with E-state index in [1.165, 1.54) is 0 Å². The molecule has 0 unspecified atom stereocenters. The summed E-state index contributed by atoms with van der Waals surface area (Å²) in [7, 11) is 0. The van der Waals surface area contributed by atoms with Crippen molar-refractivity contribution in [2.24, 2.45) is 0 Å². The minimum atomic E-state index is -0.526. The van der Waals surface area contributed by atoms with Crippen LogP contribution in [0.3, 0.4) is 0 Å². The van der Waals surface area contributed by atoms with E-state index in [2.05, 4.69) is 40.7 Å². The third kappa shape index (κ3) is 5.61. The summed E-state index contributed by atoms with van der Waals surface area (Å²) >= 11 is 0. The highest BCUT2D eigenvalue weighted by Crippen LogP contribution is 2.49. The number of amides is 1. The van der Waals surface area contributed by atoms with E-state index in [4.69, 9.17) is 14.5 Å². The van der Waals surface area contributed by atoms with Crippen LogP contribution in [0.2, 0.25) is 0 Å². The van der Waals surface area contributed by atoms with Gasteiger partial charge in [0.25, 0.3) is 5.91 Å². The minimum absolute atomic E-state index is 0.0590. The van der Waals surface area contributed by atoms with Crippen LogP contribution < -0.4 is 20.1 Å². The lowest BCUT2D eigenvalue weighted by molar-refractivity contribution is -0.123. The molecule has 0 saturated heterocycles. The monoisotopic (exact) mass is 499 g/mol. The fourth-order valence-corrected chi connectivity index (χ4v) is 4.75. The smallest absolute Gasteiger partial charge is 0.257 e. The maximum absolute atomic E-state index is 12.5. The van der Waals surface area contributed by atoms with Crippen LogP contribution in [-0.4, -0.2) is 35.6 Å². The van der Waals surface area contributed by atoms with Gasteiger partial charge in [0.15, 0.2) is 6.61 Å². The molecule has 3 aromatic rings. The first-order chi connectivity index (χ1) is 18.0. The number of aryl methyl sites for hydroxylation is 1. The first-order valence-corrected chi connectivity index (χ1v) is 13.1. The van der Waals surface area contributed by atoms with Crippen molar-refractivity contribution in [1.29, 1.82) is 5.26 Å². The zero-order chi connectivity index (χ0) is 25.8. The summed E-state index contributed by atoms with van der Waals surface area (Å²) in [6, 6.07) is 14.4. The number of rotatable bonds is 1. The molecule has 2 aromatic carbocycles. The topological polar surface area (TPSA) is 109 Å². The van der Waals surface area contributed by atoms with Gasteiger partial charge in [-0.3, -0.25) is 4.79 Å². The van der Waals surface area contributed by atoms with E-state index in [9.17, 15) is 10.1 Å². The highest BCUT2D eigenvalue weighted by molar-refractivity contribution is 5.94. The van der Waals surface area contributed by atoms with Gasteiger partial charge in [-0.25, -0.2) is 9.97 Å². The molecule has 192 valence electrons. The van der Waals surface area contributed by atoms with Crippen molar-refractivity contribution in [2.75, 3.05) is 25.1 Å². The Kier molecular flexibility index (Phi) is 7.13. The predicted octanol–water partition coefficient (Wildman–Crippen LogP) is 5.11. The van der Waals surface area contributed by atoms with Gasteiger partial charge in [0, 0.05) is 11.9 Å². The highest BCUT2D eigenvalue weighted by Gasteiger charge is 2.45. The Morgan fingerprint density at radius 2 is 1.92 bits per heavy atom. The molecule has 1 amide bonds. The van der Waals surface area contributed by atoms with E-state index in [0.717, 1.165) is 60.8 Å². The Labute approximate surface area is 217 Å². The van der Waals surface area contributed by atoms with Crippen LogP contribution in [0.1, 0.15) is 68.4 Å². The molecule has 1 fully saturated rings. The number of nitrogens with one attached hydrogen (secondary N) is 2. The quantitative estimate of drug-likeness (QED) is 0.479. The summed E-state index contributed by atoms with van der Waals surface area (Å²) in [4.78, 5) is 21.9. The van der Waals surface area contributed by atoms with Gasteiger partial charge in [-0.1, -0.05) is 25.0 Å². The van der Waals surface area contributed by atoms with Crippen LogP contribution in [0.25, 0.3) is 10.9 Å². The first kappa shape index (κ1) is 24.8. The van der Waals surface area contributed by atoms with Crippen molar-refractivity contribution < 1.29 is 14.3 Å². The fourth-order valence-electron chi connectivity index (χ4n) is 4.75. The number of ether oxygens (including phenoxy) is 2. The van der Waals surface area contributed by atoms with E-state index in [1.54, 1.807) is 0 Å². The van der Waals surface area contributed by atoms with Crippen molar-refractivity contribution in [2.45, 2.75) is 63.8 Å². The fraction of sp³-hybridized carbons (Fsp3) is 0.448. The van der Waals surface area contributed by atoms with E-state index < -0.39 is 5.41 Å². The van der Waals surface area contributed by atoms with Crippen molar-refractivity contribution in [1.82, 2.24) is 15.3 Å². The number of carbonyl (C=O) groups excluding carboxylic acids is 1.